The summed E-state index contributed by atoms with van der Waals surface area (Å²) in [5.74, 6) is 0. The van der Waals surface area contributed by atoms with Gasteiger partial charge in [0, 0.05) is 32.2 Å². The molecule has 1 N–H and O–H groups in total. The van der Waals surface area contributed by atoms with Crippen LogP contribution in [0.4, 0.5) is 4.79 Å². The molecule has 2 heterocycles. The van der Waals surface area contributed by atoms with Crippen LogP contribution < -0.4 is 5.32 Å². The van der Waals surface area contributed by atoms with Crippen molar-refractivity contribution < 1.29 is 13.2 Å². The van der Waals surface area contributed by atoms with Crippen molar-refractivity contribution in [2.75, 3.05) is 32.4 Å². The van der Waals surface area contributed by atoms with E-state index >= 15 is 0 Å². The van der Waals surface area contributed by atoms with Gasteiger partial charge in [0.15, 0.2) is 0 Å². The number of piperazine rings is 1. The molecule has 9 nitrogen and oxygen atoms in total. The number of nitrogens with zero attached hydrogens (tertiary/aromatic N) is 5. The predicted molar refractivity (Wildman–Crippen MR) is 76.0 cm³/mol. The van der Waals surface area contributed by atoms with Crippen LogP contribution in [0.2, 0.25) is 0 Å². The zero-order valence-corrected chi connectivity index (χ0v) is 13.0. The molecule has 1 fully saturated rings. The van der Waals surface area contributed by atoms with Gasteiger partial charge in [0.25, 0.3) is 0 Å². The average molecular weight is 316 g/mol. The number of carbonyl (C=O) groups excluding carboxylic acids is 1. The lowest BCUT2D eigenvalue weighted by Gasteiger charge is -2.33. The fraction of sp³-hybridized carbons (Fsp3) is 0.727. The van der Waals surface area contributed by atoms with E-state index in [-0.39, 0.29) is 12.1 Å². The third-order valence-corrected chi connectivity index (χ3v) is 4.60. The molecule has 0 spiro atoms. The Morgan fingerprint density at radius 2 is 2.00 bits per heavy atom. The largest absolute Gasteiger partial charge is 0.334 e. The normalized spacial score (nSPS) is 18.5. The van der Waals surface area contributed by atoms with Crippen LogP contribution in [0.25, 0.3) is 0 Å². The molecule has 1 aliphatic rings. The summed E-state index contributed by atoms with van der Waals surface area (Å²) in [7, 11) is -3.18. The standard InChI is InChI=1S/C11H20N6O3S/c1-10(7-16-9-12-8-13-16)14-11(18)15-3-5-17(6-4-15)21(2,19)20/h8-10H,3-7H2,1-2H3,(H,14,18). The number of carbonyl (C=O) groups is 1. The highest BCUT2D eigenvalue weighted by Crippen LogP contribution is 2.06. The zero-order chi connectivity index (χ0) is 15.5. The predicted octanol–water partition coefficient (Wildman–Crippen LogP) is -1.05. The quantitative estimate of drug-likeness (QED) is 0.764. The lowest BCUT2D eigenvalue weighted by molar-refractivity contribution is 0.168. The van der Waals surface area contributed by atoms with Gasteiger partial charge in [-0.15, -0.1) is 0 Å². The number of hydrogen-bond donors (Lipinski definition) is 1. The fourth-order valence-electron chi connectivity index (χ4n) is 2.18. The van der Waals surface area contributed by atoms with Crippen LogP contribution in [-0.4, -0.2) is 76.9 Å². The summed E-state index contributed by atoms with van der Waals surface area (Å²) in [6.07, 6.45) is 4.22. The van der Waals surface area contributed by atoms with E-state index < -0.39 is 10.0 Å². The second kappa shape index (κ2) is 6.39. The van der Waals surface area contributed by atoms with Crippen LogP contribution in [0.3, 0.4) is 0 Å². The van der Waals surface area contributed by atoms with Gasteiger partial charge in [-0.25, -0.2) is 18.2 Å². The van der Waals surface area contributed by atoms with Crippen LogP contribution in [0, 0.1) is 0 Å². The minimum atomic E-state index is -3.18. The van der Waals surface area contributed by atoms with Gasteiger partial charge in [0.05, 0.1) is 12.8 Å². The second-order valence-corrected chi connectivity index (χ2v) is 7.10. The van der Waals surface area contributed by atoms with E-state index in [0.717, 1.165) is 0 Å². The first kappa shape index (κ1) is 15.7. The van der Waals surface area contributed by atoms with E-state index in [4.69, 9.17) is 0 Å². The molecular weight excluding hydrogens is 296 g/mol. The maximum absolute atomic E-state index is 12.1. The highest BCUT2D eigenvalue weighted by molar-refractivity contribution is 7.88. The van der Waals surface area contributed by atoms with E-state index in [1.54, 1.807) is 15.9 Å². The number of aromatic nitrogens is 3. The SMILES string of the molecule is CC(Cn1cncn1)NC(=O)N1CCN(S(C)(=O)=O)CC1. The first-order valence-corrected chi connectivity index (χ1v) is 8.54. The Morgan fingerprint density at radius 3 is 2.52 bits per heavy atom. The molecule has 0 bridgehead atoms. The van der Waals surface area contributed by atoms with E-state index in [0.29, 0.717) is 32.7 Å². The summed E-state index contributed by atoms with van der Waals surface area (Å²) in [6.45, 7) is 3.89. The number of nitrogens with one attached hydrogen (secondary N) is 1. The molecule has 10 heteroatoms. The van der Waals surface area contributed by atoms with Crippen molar-refractivity contribution in [1.29, 1.82) is 0 Å². The van der Waals surface area contributed by atoms with Gasteiger partial charge in [0.1, 0.15) is 12.7 Å². The summed E-state index contributed by atoms with van der Waals surface area (Å²) < 4.78 is 25.8. The number of urea groups is 1. The molecule has 21 heavy (non-hydrogen) atoms. The Kier molecular flexibility index (Phi) is 4.78. The van der Waals surface area contributed by atoms with Gasteiger partial charge in [0.2, 0.25) is 10.0 Å². The van der Waals surface area contributed by atoms with E-state index in [1.165, 1.54) is 16.9 Å². The Morgan fingerprint density at radius 1 is 1.33 bits per heavy atom. The monoisotopic (exact) mass is 316 g/mol. The fourth-order valence-corrected chi connectivity index (χ4v) is 3.00. The second-order valence-electron chi connectivity index (χ2n) is 5.12. The maximum atomic E-state index is 12.1. The number of sulfonamides is 1. The van der Waals surface area contributed by atoms with Gasteiger partial charge in [-0.05, 0) is 6.92 Å². The highest BCUT2D eigenvalue weighted by Gasteiger charge is 2.26. The first-order valence-electron chi connectivity index (χ1n) is 6.69. The van der Waals surface area contributed by atoms with Gasteiger partial charge in [-0.1, -0.05) is 0 Å². The molecule has 2 amide bonds. The molecule has 0 aromatic carbocycles. The number of hydrogen-bond acceptors (Lipinski definition) is 5. The van der Waals surface area contributed by atoms with Gasteiger partial charge >= 0.3 is 6.03 Å². The average Bonchev–Trinajstić information content (AvgIpc) is 2.90. The summed E-state index contributed by atoms with van der Waals surface area (Å²) in [5.41, 5.74) is 0. The molecule has 118 valence electrons. The van der Waals surface area contributed by atoms with Crippen molar-refractivity contribution in [2.45, 2.75) is 19.5 Å². The van der Waals surface area contributed by atoms with Crippen LogP contribution in [0.1, 0.15) is 6.92 Å². The number of amides is 2. The topological polar surface area (TPSA) is 100 Å². The Balaban J connectivity index is 1.79. The third-order valence-electron chi connectivity index (χ3n) is 3.29. The van der Waals surface area contributed by atoms with Gasteiger partial charge in [-0.3, -0.25) is 4.68 Å². The van der Waals surface area contributed by atoms with E-state index in [2.05, 4.69) is 15.4 Å². The third kappa shape index (κ3) is 4.39. The van der Waals surface area contributed by atoms with Gasteiger partial charge in [-0.2, -0.15) is 9.40 Å². The molecule has 0 radical (unpaired) electrons. The molecule has 2 rings (SSSR count). The van der Waals surface area contributed by atoms with E-state index in [9.17, 15) is 13.2 Å². The molecular formula is C11H20N6O3S. The van der Waals surface area contributed by atoms with Crippen molar-refractivity contribution in [3.05, 3.63) is 12.7 Å². The van der Waals surface area contributed by atoms with Crippen LogP contribution in [0.15, 0.2) is 12.7 Å². The molecule has 0 aliphatic carbocycles. The van der Waals surface area contributed by atoms with Crippen LogP contribution in [0.5, 0.6) is 0 Å². The smallest absolute Gasteiger partial charge is 0.317 e. The molecule has 1 aromatic heterocycles. The first-order chi connectivity index (χ1) is 9.86. The van der Waals surface area contributed by atoms with Gasteiger partial charge < -0.3 is 10.2 Å². The minimum absolute atomic E-state index is 0.0906. The summed E-state index contributed by atoms with van der Waals surface area (Å²) >= 11 is 0. The van der Waals surface area contributed by atoms with E-state index in [1.807, 2.05) is 6.92 Å². The van der Waals surface area contributed by atoms with Crippen molar-refractivity contribution in [3.63, 3.8) is 0 Å². The van der Waals surface area contributed by atoms with Crippen molar-refractivity contribution in [2.24, 2.45) is 0 Å². The molecule has 1 unspecified atom stereocenters. The minimum Gasteiger partial charge on any atom is -0.334 e. The van der Waals surface area contributed by atoms with Crippen molar-refractivity contribution >= 4 is 16.1 Å². The van der Waals surface area contributed by atoms with Crippen molar-refractivity contribution in [1.82, 2.24) is 29.3 Å². The molecule has 1 aliphatic heterocycles. The maximum Gasteiger partial charge on any atom is 0.317 e. The summed E-state index contributed by atoms with van der Waals surface area (Å²) in [5, 5.41) is 6.85. The highest BCUT2D eigenvalue weighted by atomic mass is 32.2. The lowest BCUT2D eigenvalue weighted by Crippen LogP contribution is -2.54. The molecule has 1 atom stereocenters. The summed E-state index contributed by atoms with van der Waals surface area (Å²) in [6, 6.07) is -0.275. The summed E-state index contributed by atoms with van der Waals surface area (Å²) in [4.78, 5) is 17.6. The molecule has 1 saturated heterocycles. The van der Waals surface area contributed by atoms with Crippen LogP contribution >= 0.6 is 0 Å². The lowest BCUT2D eigenvalue weighted by atomic mass is 10.3. The Hall–Kier alpha value is -1.68. The van der Waals surface area contributed by atoms with Crippen molar-refractivity contribution in [3.8, 4) is 0 Å². The Bertz CT molecular complexity index is 565. The molecule has 0 saturated carbocycles. The Labute approximate surface area is 124 Å². The molecule has 1 aromatic rings. The number of rotatable bonds is 4. The van der Waals surface area contributed by atoms with Crippen LogP contribution in [-0.2, 0) is 16.6 Å². The zero-order valence-electron chi connectivity index (χ0n) is 12.1.